The summed E-state index contributed by atoms with van der Waals surface area (Å²) in [6, 6.07) is 16.8. The molecule has 152 valence electrons. The van der Waals surface area contributed by atoms with Crippen molar-refractivity contribution in [3.63, 3.8) is 0 Å². The molecule has 29 heavy (non-hydrogen) atoms. The van der Waals surface area contributed by atoms with Crippen molar-refractivity contribution in [3.8, 4) is 0 Å². The van der Waals surface area contributed by atoms with Crippen LogP contribution in [0.15, 0.2) is 63.0 Å². The summed E-state index contributed by atoms with van der Waals surface area (Å²) in [6.45, 7) is 10.5. The SMILES string of the molecule is Cc1ccc2c(c1C)N(CCCNC(C)(C)c1ccccc1)c1ccsc1S2=O. The van der Waals surface area contributed by atoms with Crippen LogP contribution in [-0.2, 0) is 16.3 Å². The Kier molecular flexibility index (Phi) is 5.65. The van der Waals surface area contributed by atoms with E-state index in [2.05, 4.69) is 85.8 Å². The largest absolute Gasteiger partial charge is 0.339 e. The van der Waals surface area contributed by atoms with E-state index in [1.165, 1.54) is 16.7 Å². The topological polar surface area (TPSA) is 32.3 Å². The van der Waals surface area contributed by atoms with Crippen LogP contribution in [0.2, 0.25) is 0 Å². The molecular formula is C24H28N2OS2. The smallest absolute Gasteiger partial charge is 0.120 e. The number of hydrogen-bond acceptors (Lipinski definition) is 4. The van der Waals surface area contributed by atoms with Gasteiger partial charge in [-0.2, -0.15) is 0 Å². The molecule has 0 bridgehead atoms. The van der Waals surface area contributed by atoms with E-state index >= 15 is 0 Å². The lowest BCUT2D eigenvalue weighted by Crippen LogP contribution is -2.38. The second-order valence-corrected chi connectivity index (χ2v) is 10.7. The lowest BCUT2D eigenvalue weighted by molar-refractivity contribution is 0.401. The van der Waals surface area contributed by atoms with E-state index in [0.29, 0.717) is 0 Å². The molecule has 1 aliphatic heterocycles. The van der Waals surface area contributed by atoms with Gasteiger partial charge >= 0.3 is 0 Å². The quantitative estimate of drug-likeness (QED) is 0.500. The van der Waals surface area contributed by atoms with Gasteiger partial charge in [0.25, 0.3) is 0 Å². The molecule has 1 aromatic heterocycles. The molecule has 1 atom stereocenters. The molecule has 1 aliphatic rings. The molecule has 0 saturated carbocycles. The molecule has 2 aromatic carbocycles. The van der Waals surface area contributed by atoms with E-state index in [0.717, 1.165) is 40.0 Å². The van der Waals surface area contributed by atoms with Gasteiger partial charge in [0.05, 0.1) is 27.1 Å². The molecule has 3 aromatic rings. The lowest BCUT2D eigenvalue weighted by Gasteiger charge is -2.33. The molecule has 1 unspecified atom stereocenters. The molecule has 2 heterocycles. The Bertz CT molecular complexity index is 1040. The van der Waals surface area contributed by atoms with Gasteiger partial charge in [-0.1, -0.05) is 36.4 Å². The van der Waals surface area contributed by atoms with Gasteiger partial charge in [-0.05, 0) is 74.9 Å². The zero-order chi connectivity index (χ0) is 20.6. The number of hydrogen-bond donors (Lipinski definition) is 1. The summed E-state index contributed by atoms with van der Waals surface area (Å²) in [7, 11) is -1.08. The van der Waals surface area contributed by atoms with E-state index in [1.807, 2.05) is 6.07 Å². The number of fused-ring (bicyclic) bond motifs is 2. The fraction of sp³-hybridized carbons (Fsp3) is 0.333. The summed E-state index contributed by atoms with van der Waals surface area (Å²) >= 11 is 1.59. The highest BCUT2D eigenvalue weighted by Crippen LogP contribution is 2.46. The first-order valence-corrected chi connectivity index (χ1v) is 12.1. The summed E-state index contributed by atoms with van der Waals surface area (Å²) in [6.07, 6.45) is 1.00. The van der Waals surface area contributed by atoms with Crippen molar-refractivity contribution >= 4 is 33.5 Å². The molecule has 4 rings (SSSR count). The molecule has 0 fully saturated rings. The minimum Gasteiger partial charge on any atom is -0.339 e. The minimum absolute atomic E-state index is 0.0669. The predicted molar refractivity (Wildman–Crippen MR) is 124 cm³/mol. The van der Waals surface area contributed by atoms with Gasteiger partial charge in [-0.15, -0.1) is 11.3 Å². The Hall–Kier alpha value is -1.95. The van der Waals surface area contributed by atoms with Crippen LogP contribution in [0.5, 0.6) is 0 Å². The second kappa shape index (κ2) is 8.05. The monoisotopic (exact) mass is 424 g/mol. The van der Waals surface area contributed by atoms with Crippen molar-refractivity contribution in [3.05, 3.63) is 70.6 Å². The van der Waals surface area contributed by atoms with Gasteiger partial charge in [0.15, 0.2) is 0 Å². The average Bonchev–Trinajstić information content (AvgIpc) is 3.21. The maximum atomic E-state index is 13.1. The molecule has 3 nitrogen and oxygen atoms in total. The summed E-state index contributed by atoms with van der Waals surface area (Å²) in [4.78, 5) is 3.32. The fourth-order valence-corrected chi connectivity index (χ4v) is 6.54. The number of nitrogens with one attached hydrogen (secondary N) is 1. The fourth-order valence-electron chi connectivity index (χ4n) is 3.94. The van der Waals surface area contributed by atoms with Crippen LogP contribution in [0, 0.1) is 13.8 Å². The predicted octanol–water partition coefficient (Wildman–Crippen LogP) is 5.90. The van der Waals surface area contributed by atoms with Crippen molar-refractivity contribution in [2.24, 2.45) is 0 Å². The third kappa shape index (κ3) is 3.79. The number of aryl methyl sites for hydroxylation is 1. The highest BCUT2D eigenvalue weighted by molar-refractivity contribution is 7.87. The van der Waals surface area contributed by atoms with Crippen molar-refractivity contribution in [1.29, 1.82) is 0 Å². The first-order valence-electron chi connectivity index (χ1n) is 10.1. The number of thiophene rings is 1. The third-order valence-electron chi connectivity index (χ3n) is 5.82. The molecular weight excluding hydrogens is 396 g/mol. The Balaban J connectivity index is 1.52. The van der Waals surface area contributed by atoms with Crippen LogP contribution in [0.1, 0.15) is 37.0 Å². The van der Waals surface area contributed by atoms with Crippen molar-refractivity contribution < 1.29 is 4.21 Å². The van der Waals surface area contributed by atoms with Crippen LogP contribution >= 0.6 is 11.3 Å². The zero-order valence-corrected chi connectivity index (χ0v) is 19.1. The highest BCUT2D eigenvalue weighted by Gasteiger charge is 2.31. The molecule has 1 N–H and O–H groups in total. The molecule has 5 heteroatoms. The van der Waals surface area contributed by atoms with Gasteiger partial charge in [-0.3, -0.25) is 0 Å². The van der Waals surface area contributed by atoms with Gasteiger partial charge in [0.1, 0.15) is 4.21 Å². The van der Waals surface area contributed by atoms with E-state index in [9.17, 15) is 4.21 Å². The molecule has 0 radical (unpaired) electrons. The van der Waals surface area contributed by atoms with E-state index in [1.54, 1.807) is 11.3 Å². The zero-order valence-electron chi connectivity index (χ0n) is 17.5. The van der Waals surface area contributed by atoms with Crippen molar-refractivity contribution in [2.45, 2.75) is 48.8 Å². The normalized spacial score (nSPS) is 15.9. The summed E-state index contributed by atoms with van der Waals surface area (Å²) in [5, 5.41) is 5.76. The van der Waals surface area contributed by atoms with Gasteiger partial charge in [0.2, 0.25) is 0 Å². The van der Waals surface area contributed by atoms with Crippen molar-refractivity contribution in [2.75, 3.05) is 18.0 Å². The maximum absolute atomic E-state index is 13.1. The lowest BCUT2D eigenvalue weighted by atomic mass is 9.94. The Morgan fingerprint density at radius 2 is 1.83 bits per heavy atom. The van der Waals surface area contributed by atoms with E-state index in [4.69, 9.17) is 0 Å². The maximum Gasteiger partial charge on any atom is 0.120 e. The standard InChI is InChI=1S/C24H28N2OS2/c1-17-11-12-21-22(18(17)2)26(20-13-16-28-23(20)29(21)27)15-8-14-25-24(3,4)19-9-6-5-7-10-19/h5-7,9-13,16,25H,8,14-15H2,1-4H3. The second-order valence-electron chi connectivity index (χ2n) is 8.14. The number of anilines is 2. The molecule has 0 aliphatic carbocycles. The van der Waals surface area contributed by atoms with Crippen LogP contribution in [-0.4, -0.2) is 17.3 Å². The van der Waals surface area contributed by atoms with Crippen LogP contribution in [0.4, 0.5) is 11.4 Å². The molecule has 0 amide bonds. The first kappa shape index (κ1) is 20.3. The Labute approximate surface area is 180 Å². The van der Waals surface area contributed by atoms with Crippen LogP contribution in [0.3, 0.4) is 0 Å². The molecule has 0 spiro atoms. The van der Waals surface area contributed by atoms with E-state index in [-0.39, 0.29) is 5.54 Å². The summed E-state index contributed by atoms with van der Waals surface area (Å²) < 4.78 is 14.0. The van der Waals surface area contributed by atoms with Crippen LogP contribution in [0.25, 0.3) is 0 Å². The van der Waals surface area contributed by atoms with Gasteiger partial charge in [-0.25, -0.2) is 4.21 Å². The number of nitrogens with zero attached hydrogens (tertiary/aromatic N) is 1. The van der Waals surface area contributed by atoms with Gasteiger partial charge < -0.3 is 10.2 Å². The molecule has 0 saturated heterocycles. The number of rotatable bonds is 6. The minimum atomic E-state index is -1.08. The highest BCUT2D eigenvalue weighted by atomic mass is 32.2. The van der Waals surface area contributed by atoms with Crippen LogP contribution < -0.4 is 10.2 Å². The average molecular weight is 425 g/mol. The third-order valence-corrected chi connectivity index (χ3v) is 8.54. The number of benzene rings is 2. The summed E-state index contributed by atoms with van der Waals surface area (Å²) in [5.41, 5.74) is 5.94. The Morgan fingerprint density at radius 1 is 1.07 bits per heavy atom. The Morgan fingerprint density at radius 3 is 2.59 bits per heavy atom. The van der Waals surface area contributed by atoms with E-state index < -0.39 is 10.8 Å². The van der Waals surface area contributed by atoms with Gasteiger partial charge in [0, 0.05) is 12.1 Å². The van der Waals surface area contributed by atoms with Crippen molar-refractivity contribution in [1.82, 2.24) is 5.32 Å². The first-order chi connectivity index (χ1) is 13.9. The summed E-state index contributed by atoms with van der Waals surface area (Å²) in [5.74, 6) is 0.